The number of amides is 1. The minimum Gasteiger partial charge on any atom is -0.337 e. The summed E-state index contributed by atoms with van der Waals surface area (Å²) in [6.07, 6.45) is 4.49. The number of rotatable bonds is 1. The fourth-order valence-corrected chi connectivity index (χ4v) is 3.54. The number of hydrogen-bond acceptors (Lipinski definition) is 3. The van der Waals surface area contributed by atoms with Crippen molar-refractivity contribution >= 4 is 5.91 Å². The molecule has 4 fully saturated rings. The predicted octanol–water partition coefficient (Wildman–Crippen LogP) is 0.0303. The number of hydrogen-bond donors (Lipinski definition) is 1. The van der Waals surface area contributed by atoms with Crippen LogP contribution in [0, 0.1) is 5.92 Å². The molecular weight excluding hydrogens is 202 g/mol. The molecule has 0 aliphatic carbocycles. The SMILES string of the molecule is NC1CCCN(C2CN3CCC2CC3)C1=O. The molecule has 4 aliphatic rings. The highest BCUT2D eigenvalue weighted by molar-refractivity contribution is 5.82. The average Bonchev–Trinajstić information content (AvgIpc) is 2.34. The molecule has 1 amide bonds. The van der Waals surface area contributed by atoms with Crippen molar-refractivity contribution in [1.29, 1.82) is 0 Å². The van der Waals surface area contributed by atoms with Gasteiger partial charge in [-0.1, -0.05) is 0 Å². The zero-order valence-corrected chi connectivity index (χ0v) is 9.77. The molecular formula is C12H21N3O. The lowest BCUT2D eigenvalue weighted by Crippen LogP contribution is -2.62. The summed E-state index contributed by atoms with van der Waals surface area (Å²) in [4.78, 5) is 16.7. The van der Waals surface area contributed by atoms with Crippen LogP contribution in [0.15, 0.2) is 0 Å². The molecule has 4 heteroatoms. The highest BCUT2D eigenvalue weighted by atomic mass is 16.2. The summed E-state index contributed by atoms with van der Waals surface area (Å²) < 4.78 is 0. The summed E-state index contributed by atoms with van der Waals surface area (Å²) in [5, 5.41) is 0. The van der Waals surface area contributed by atoms with Gasteiger partial charge in [-0.15, -0.1) is 0 Å². The van der Waals surface area contributed by atoms with Gasteiger partial charge in [0.15, 0.2) is 0 Å². The van der Waals surface area contributed by atoms with Crippen LogP contribution >= 0.6 is 0 Å². The van der Waals surface area contributed by atoms with Crippen molar-refractivity contribution in [2.24, 2.45) is 11.7 Å². The molecule has 2 atom stereocenters. The van der Waals surface area contributed by atoms with Crippen LogP contribution in [0.2, 0.25) is 0 Å². The Morgan fingerprint density at radius 2 is 1.88 bits per heavy atom. The molecule has 2 unspecified atom stereocenters. The number of nitrogens with zero attached hydrogens (tertiary/aromatic N) is 2. The second kappa shape index (κ2) is 4.00. The second-order valence-electron chi connectivity index (χ2n) is 5.49. The lowest BCUT2D eigenvalue weighted by atomic mass is 9.82. The van der Waals surface area contributed by atoms with Crippen LogP contribution in [0.25, 0.3) is 0 Å². The smallest absolute Gasteiger partial charge is 0.239 e. The van der Waals surface area contributed by atoms with Gasteiger partial charge in [0.2, 0.25) is 5.91 Å². The number of fused-ring (bicyclic) bond motifs is 3. The topological polar surface area (TPSA) is 49.6 Å². The van der Waals surface area contributed by atoms with Crippen LogP contribution in [0.1, 0.15) is 25.7 Å². The minimum atomic E-state index is -0.232. The van der Waals surface area contributed by atoms with Gasteiger partial charge >= 0.3 is 0 Å². The summed E-state index contributed by atoms with van der Waals surface area (Å²) in [5.74, 6) is 0.934. The highest BCUT2D eigenvalue weighted by Crippen LogP contribution is 2.32. The van der Waals surface area contributed by atoms with E-state index in [9.17, 15) is 4.79 Å². The summed E-state index contributed by atoms with van der Waals surface area (Å²) in [7, 11) is 0. The molecule has 4 aliphatic heterocycles. The van der Waals surface area contributed by atoms with E-state index in [-0.39, 0.29) is 11.9 Å². The third kappa shape index (κ3) is 1.64. The number of piperidine rings is 4. The fraction of sp³-hybridized carbons (Fsp3) is 0.917. The molecule has 0 saturated carbocycles. The van der Waals surface area contributed by atoms with Gasteiger partial charge in [0, 0.05) is 19.1 Å². The monoisotopic (exact) mass is 223 g/mol. The quantitative estimate of drug-likeness (QED) is 0.682. The molecule has 4 saturated heterocycles. The maximum absolute atomic E-state index is 12.1. The highest BCUT2D eigenvalue weighted by Gasteiger charge is 2.41. The molecule has 16 heavy (non-hydrogen) atoms. The lowest BCUT2D eigenvalue weighted by molar-refractivity contribution is -0.142. The molecule has 4 rings (SSSR count). The number of likely N-dealkylation sites (tertiary alicyclic amines) is 1. The van der Waals surface area contributed by atoms with E-state index in [2.05, 4.69) is 9.80 Å². The standard InChI is InChI=1S/C12H21N3O/c13-10-2-1-5-15(12(10)16)11-8-14-6-3-9(11)4-7-14/h9-11H,1-8,13H2. The number of carbonyl (C=O) groups excluding carboxylic acids is 1. The molecule has 0 aromatic heterocycles. The van der Waals surface area contributed by atoms with Gasteiger partial charge in [0.05, 0.1) is 6.04 Å². The van der Waals surface area contributed by atoms with E-state index < -0.39 is 0 Å². The minimum absolute atomic E-state index is 0.199. The first-order chi connectivity index (χ1) is 7.75. The van der Waals surface area contributed by atoms with Crippen LogP contribution in [0.5, 0.6) is 0 Å². The molecule has 2 bridgehead atoms. The summed E-state index contributed by atoms with van der Waals surface area (Å²) >= 11 is 0. The van der Waals surface area contributed by atoms with E-state index in [1.165, 1.54) is 25.9 Å². The Morgan fingerprint density at radius 3 is 2.50 bits per heavy atom. The number of nitrogens with two attached hydrogens (primary N) is 1. The molecule has 0 aromatic carbocycles. The van der Waals surface area contributed by atoms with E-state index in [4.69, 9.17) is 5.73 Å². The third-order valence-electron chi connectivity index (χ3n) is 4.54. The first kappa shape index (κ1) is 10.5. The summed E-state index contributed by atoms with van der Waals surface area (Å²) in [6, 6.07) is 0.227. The van der Waals surface area contributed by atoms with E-state index >= 15 is 0 Å². The van der Waals surface area contributed by atoms with E-state index in [1.807, 2.05) is 0 Å². The van der Waals surface area contributed by atoms with E-state index in [0.717, 1.165) is 31.8 Å². The van der Waals surface area contributed by atoms with Crippen molar-refractivity contribution in [3.8, 4) is 0 Å². The normalized spacial score (nSPS) is 43.8. The van der Waals surface area contributed by atoms with E-state index in [0.29, 0.717) is 6.04 Å². The van der Waals surface area contributed by atoms with Crippen molar-refractivity contribution in [2.45, 2.75) is 37.8 Å². The third-order valence-corrected chi connectivity index (χ3v) is 4.54. The van der Waals surface area contributed by atoms with Crippen molar-refractivity contribution in [2.75, 3.05) is 26.2 Å². The van der Waals surface area contributed by atoms with E-state index in [1.54, 1.807) is 0 Å². The molecule has 0 radical (unpaired) electrons. The van der Waals surface area contributed by atoms with Gasteiger partial charge in [-0.05, 0) is 44.7 Å². The summed E-state index contributed by atoms with van der Waals surface area (Å²) in [6.45, 7) is 4.48. The predicted molar refractivity (Wildman–Crippen MR) is 61.9 cm³/mol. The Labute approximate surface area is 96.8 Å². The van der Waals surface area contributed by atoms with Crippen LogP contribution in [-0.4, -0.2) is 54.0 Å². The molecule has 90 valence electrons. The second-order valence-corrected chi connectivity index (χ2v) is 5.49. The van der Waals surface area contributed by atoms with Gasteiger partial charge in [0.25, 0.3) is 0 Å². The maximum Gasteiger partial charge on any atom is 0.239 e. The average molecular weight is 223 g/mol. The molecule has 2 N–H and O–H groups in total. The van der Waals surface area contributed by atoms with Gasteiger partial charge in [0.1, 0.15) is 0 Å². The Kier molecular flexibility index (Phi) is 2.64. The van der Waals surface area contributed by atoms with Crippen LogP contribution in [0.4, 0.5) is 0 Å². The van der Waals surface area contributed by atoms with Gasteiger partial charge < -0.3 is 15.5 Å². The molecule has 0 aromatic rings. The van der Waals surface area contributed by atoms with Crippen molar-refractivity contribution in [3.63, 3.8) is 0 Å². The number of carbonyl (C=O) groups is 1. The maximum atomic E-state index is 12.1. The fourth-order valence-electron chi connectivity index (χ4n) is 3.54. The first-order valence-corrected chi connectivity index (χ1v) is 6.54. The Morgan fingerprint density at radius 1 is 1.12 bits per heavy atom. The molecule has 4 heterocycles. The molecule has 0 spiro atoms. The van der Waals surface area contributed by atoms with Crippen molar-refractivity contribution in [1.82, 2.24) is 9.80 Å². The zero-order valence-electron chi connectivity index (χ0n) is 9.77. The Balaban J connectivity index is 1.74. The van der Waals surface area contributed by atoms with Crippen LogP contribution in [-0.2, 0) is 4.79 Å². The van der Waals surface area contributed by atoms with Gasteiger partial charge in [-0.3, -0.25) is 4.79 Å². The van der Waals surface area contributed by atoms with Gasteiger partial charge in [-0.2, -0.15) is 0 Å². The largest absolute Gasteiger partial charge is 0.337 e. The van der Waals surface area contributed by atoms with Gasteiger partial charge in [-0.25, -0.2) is 0 Å². The van der Waals surface area contributed by atoms with Crippen molar-refractivity contribution < 1.29 is 4.79 Å². The Bertz CT molecular complexity index is 286. The Hall–Kier alpha value is -0.610. The zero-order chi connectivity index (χ0) is 11.1. The molecule has 4 nitrogen and oxygen atoms in total. The van der Waals surface area contributed by atoms with Crippen LogP contribution in [0.3, 0.4) is 0 Å². The summed E-state index contributed by atoms with van der Waals surface area (Å²) in [5.41, 5.74) is 5.87. The first-order valence-electron chi connectivity index (χ1n) is 6.54. The lowest BCUT2D eigenvalue weighted by Gasteiger charge is -2.50. The van der Waals surface area contributed by atoms with Crippen molar-refractivity contribution in [3.05, 3.63) is 0 Å². The van der Waals surface area contributed by atoms with Crippen LogP contribution < -0.4 is 5.73 Å².